The molecule has 0 saturated heterocycles. The van der Waals surface area contributed by atoms with Crippen LogP contribution in [-0.4, -0.2) is 16.1 Å². The van der Waals surface area contributed by atoms with E-state index in [0.717, 1.165) is 10.7 Å². The third-order valence-corrected chi connectivity index (χ3v) is 4.71. The van der Waals surface area contributed by atoms with Gasteiger partial charge in [-0.1, -0.05) is 33.1 Å². The van der Waals surface area contributed by atoms with Crippen LogP contribution in [0.5, 0.6) is 0 Å². The molecule has 1 atom stereocenters. The van der Waals surface area contributed by atoms with Gasteiger partial charge in [-0.05, 0) is 18.8 Å². The maximum Gasteiger partial charge on any atom is 0.313 e. The highest BCUT2D eigenvalue weighted by Gasteiger charge is 2.28. The van der Waals surface area contributed by atoms with Gasteiger partial charge in [0.05, 0.1) is 5.69 Å². The summed E-state index contributed by atoms with van der Waals surface area (Å²) in [6.07, 6.45) is 6.32. The Labute approximate surface area is 112 Å². The molecule has 4 heteroatoms. The molecular formula is C14H21NO2S. The normalized spacial score (nSPS) is 19.1. The molecule has 1 fully saturated rings. The van der Waals surface area contributed by atoms with Gasteiger partial charge < -0.3 is 5.11 Å². The summed E-state index contributed by atoms with van der Waals surface area (Å²) < 4.78 is 0. The lowest BCUT2D eigenvalue weighted by Gasteiger charge is -2.19. The molecule has 3 nitrogen and oxygen atoms in total. The van der Waals surface area contributed by atoms with Gasteiger partial charge >= 0.3 is 5.97 Å². The molecule has 1 saturated carbocycles. The van der Waals surface area contributed by atoms with E-state index in [4.69, 9.17) is 0 Å². The van der Waals surface area contributed by atoms with E-state index in [1.54, 1.807) is 0 Å². The van der Waals surface area contributed by atoms with Crippen LogP contribution in [0.25, 0.3) is 0 Å². The Morgan fingerprint density at radius 2 is 2.06 bits per heavy atom. The summed E-state index contributed by atoms with van der Waals surface area (Å²) in [7, 11) is 0. The molecule has 100 valence electrons. The van der Waals surface area contributed by atoms with Gasteiger partial charge in [0.25, 0.3) is 0 Å². The second-order valence-corrected chi connectivity index (χ2v) is 6.40. The second-order valence-electron chi connectivity index (χ2n) is 5.51. The van der Waals surface area contributed by atoms with Crippen molar-refractivity contribution in [2.24, 2.45) is 5.92 Å². The van der Waals surface area contributed by atoms with Crippen molar-refractivity contribution in [1.82, 2.24) is 4.98 Å². The number of carbonyl (C=O) groups is 1. The van der Waals surface area contributed by atoms with Gasteiger partial charge in [-0.15, -0.1) is 11.3 Å². The monoisotopic (exact) mass is 267 g/mol. The summed E-state index contributed by atoms with van der Waals surface area (Å²) >= 11 is 1.52. The fraction of sp³-hybridized carbons (Fsp3) is 0.714. The summed E-state index contributed by atoms with van der Waals surface area (Å²) in [4.78, 5) is 15.9. The van der Waals surface area contributed by atoms with E-state index in [2.05, 4.69) is 10.4 Å². The van der Waals surface area contributed by atoms with Crippen LogP contribution in [0.1, 0.15) is 68.5 Å². The van der Waals surface area contributed by atoms with E-state index in [1.165, 1.54) is 43.4 Å². The number of rotatable bonds is 4. The van der Waals surface area contributed by atoms with E-state index in [9.17, 15) is 9.90 Å². The predicted molar refractivity (Wildman–Crippen MR) is 73.2 cm³/mol. The summed E-state index contributed by atoms with van der Waals surface area (Å²) in [5.41, 5.74) is 1.13. The Hall–Kier alpha value is -0.900. The average Bonchev–Trinajstić information content (AvgIpc) is 2.78. The Kier molecular flexibility index (Phi) is 4.38. The molecule has 0 amide bonds. The molecule has 1 heterocycles. The second kappa shape index (κ2) is 5.83. The van der Waals surface area contributed by atoms with Crippen LogP contribution >= 0.6 is 11.3 Å². The van der Waals surface area contributed by atoms with Crippen molar-refractivity contribution in [1.29, 1.82) is 0 Å². The number of carboxylic acid groups (broad SMARTS) is 1. The van der Waals surface area contributed by atoms with Crippen molar-refractivity contribution >= 4 is 17.3 Å². The molecule has 1 unspecified atom stereocenters. The standard InChI is InChI=1S/C14H21NO2S/c1-9(2)12(14(16)17)13-15-11(8-18-13)10-6-4-3-5-7-10/h8-10,12H,3-7H2,1-2H3,(H,16,17). The highest BCUT2D eigenvalue weighted by molar-refractivity contribution is 7.09. The number of hydrogen-bond acceptors (Lipinski definition) is 3. The molecule has 2 rings (SSSR count). The van der Waals surface area contributed by atoms with Crippen LogP contribution in [0.2, 0.25) is 0 Å². The minimum Gasteiger partial charge on any atom is -0.481 e. The zero-order valence-corrected chi connectivity index (χ0v) is 11.9. The maximum atomic E-state index is 11.3. The van der Waals surface area contributed by atoms with Crippen molar-refractivity contribution in [3.63, 3.8) is 0 Å². The molecule has 0 aliphatic heterocycles. The van der Waals surface area contributed by atoms with Gasteiger partial charge in [0, 0.05) is 11.3 Å². The van der Waals surface area contributed by atoms with Crippen molar-refractivity contribution in [3.05, 3.63) is 16.1 Å². The van der Waals surface area contributed by atoms with E-state index >= 15 is 0 Å². The van der Waals surface area contributed by atoms with E-state index in [0.29, 0.717) is 5.92 Å². The largest absolute Gasteiger partial charge is 0.481 e. The summed E-state index contributed by atoms with van der Waals surface area (Å²) in [6.45, 7) is 3.89. The van der Waals surface area contributed by atoms with Gasteiger partial charge in [-0.3, -0.25) is 4.79 Å². The van der Waals surface area contributed by atoms with Crippen LogP contribution in [0.4, 0.5) is 0 Å². The summed E-state index contributed by atoms with van der Waals surface area (Å²) in [5, 5.41) is 12.1. The average molecular weight is 267 g/mol. The summed E-state index contributed by atoms with van der Waals surface area (Å²) in [6, 6.07) is 0. The number of hydrogen-bond donors (Lipinski definition) is 1. The lowest BCUT2D eigenvalue weighted by molar-refractivity contribution is -0.139. The van der Waals surface area contributed by atoms with Gasteiger partial charge in [-0.2, -0.15) is 0 Å². The van der Waals surface area contributed by atoms with Crippen LogP contribution in [0.15, 0.2) is 5.38 Å². The molecule has 1 aromatic rings. The smallest absolute Gasteiger partial charge is 0.313 e. The number of aromatic nitrogens is 1. The fourth-order valence-electron chi connectivity index (χ4n) is 2.71. The fourth-order valence-corrected chi connectivity index (χ4v) is 3.87. The van der Waals surface area contributed by atoms with E-state index in [-0.39, 0.29) is 5.92 Å². The maximum absolute atomic E-state index is 11.3. The quantitative estimate of drug-likeness (QED) is 0.896. The first-order valence-corrected chi connectivity index (χ1v) is 7.65. The highest BCUT2D eigenvalue weighted by Crippen LogP contribution is 2.35. The molecule has 0 radical (unpaired) electrons. The Morgan fingerprint density at radius 3 is 2.61 bits per heavy atom. The van der Waals surface area contributed by atoms with Crippen molar-refractivity contribution in [2.45, 2.75) is 57.8 Å². The highest BCUT2D eigenvalue weighted by atomic mass is 32.1. The van der Waals surface area contributed by atoms with Crippen LogP contribution in [-0.2, 0) is 4.79 Å². The molecule has 1 N–H and O–H groups in total. The topological polar surface area (TPSA) is 50.2 Å². The SMILES string of the molecule is CC(C)C(C(=O)O)c1nc(C2CCCCC2)cs1. The lowest BCUT2D eigenvalue weighted by Crippen LogP contribution is -2.17. The third kappa shape index (κ3) is 2.91. The molecule has 1 aliphatic carbocycles. The zero-order valence-electron chi connectivity index (χ0n) is 11.1. The minimum atomic E-state index is -0.755. The Bertz CT molecular complexity index is 408. The van der Waals surface area contributed by atoms with E-state index in [1.807, 2.05) is 13.8 Å². The molecule has 0 bridgehead atoms. The summed E-state index contributed by atoms with van der Waals surface area (Å²) in [5.74, 6) is -0.555. The first-order chi connectivity index (χ1) is 8.59. The number of aliphatic carboxylic acids is 1. The predicted octanol–water partition coefficient (Wildman–Crippen LogP) is 4.02. The van der Waals surface area contributed by atoms with Crippen LogP contribution in [0.3, 0.4) is 0 Å². The van der Waals surface area contributed by atoms with Crippen molar-refractivity contribution in [3.8, 4) is 0 Å². The number of nitrogens with zero attached hydrogens (tertiary/aromatic N) is 1. The number of carboxylic acids is 1. The number of thiazole rings is 1. The molecule has 18 heavy (non-hydrogen) atoms. The molecule has 1 aromatic heterocycles. The van der Waals surface area contributed by atoms with E-state index < -0.39 is 11.9 Å². The molecule has 0 aromatic carbocycles. The molecule has 0 spiro atoms. The Morgan fingerprint density at radius 1 is 1.39 bits per heavy atom. The van der Waals surface area contributed by atoms with Crippen molar-refractivity contribution in [2.75, 3.05) is 0 Å². The van der Waals surface area contributed by atoms with Gasteiger partial charge in [0.1, 0.15) is 10.9 Å². The van der Waals surface area contributed by atoms with Crippen LogP contribution in [0, 0.1) is 5.92 Å². The van der Waals surface area contributed by atoms with Crippen LogP contribution < -0.4 is 0 Å². The molecular weight excluding hydrogens is 246 g/mol. The third-order valence-electron chi connectivity index (χ3n) is 3.76. The molecule has 1 aliphatic rings. The first-order valence-electron chi connectivity index (χ1n) is 6.77. The van der Waals surface area contributed by atoms with Gasteiger partial charge in [-0.25, -0.2) is 4.98 Å². The Balaban J connectivity index is 2.15. The van der Waals surface area contributed by atoms with Crippen molar-refractivity contribution < 1.29 is 9.90 Å². The van der Waals surface area contributed by atoms with Gasteiger partial charge in [0.2, 0.25) is 0 Å². The van der Waals surface area contributed by atoms with Gasteiger partial charge in [0.15, 0.2) is 0 Å². The first kappa shape index (κ1) is 13.5. The zero-order chi connectivity index (χ0) is 13.1. The lowest BCUT2D eigenvalue weighted by atomic mass is 9.87. The minimum absolute atomic E-state index is 0.0906.